The van der Waals surface area contributed by atoms with Gasteiger partial charge in [0.1, 0.15) is 5.82 Å². The minimum absolute atomic E-state index is 0.139. The van der Waals surface area contributed by atoms with Crippen LogP contribution in [-0.2, 0) is 11.2 Å². The van der Waals surface area contributed by atoms with E-state index < -0.39 is 0 Å². The van der Waals surface area contributed by atoms with Gasteiger partial charge in [-0.2, -0.15) is 4.37 Å². The second-order valence-corrected chi connectivity index (χ2v) is 6.46. The molecule has 22 heavy (non-hydrogen) atoms. The first-order valence-corrected chi connectivity index (χ1v) is 8.34. The van der Waals surface area contributed by atoms with E-state index in [9.17, 15) is 4.79 Å². The summed E-state index contributed by atoms with van der Waals surface area (Å²) in [5, 5.41) is 1.67. The van der Waals surface area contributed by atoms with Gasteiger partial charge in [-0.05, 0) is 17.7 Å². The van der Waals surface area contributed by atoms with E-state index in [4.69, 9.17) is 11.6 Å². The zero-order valence-corrected chi connectivity index (χ0v) is 13.9. The summed E-state index contributed by atoms with van der Waals surface area (Å²) in [6.45, 7) is 4.75. The number of amides is 1. The van der Waals surface area contributed by atoms with Crippen molar-refractivity contribution in [3.8, 4) is 0 Å². The van der Waals surface area contributed by atoms with Crippen molar-refractivity contribution in [2.24, 2.45) is 0 Å². The van der Waals surface area contributed by atoms with E-state index in [1.165, 1.54) is 11.5 Å². The predicted octanol–water partition coefficient (Wildman–Crippen LogP) is 2.45. The second kappa shape index (κ2) is 6.62. The van der Waals surface area contributed by atoms with Gasteiger partial charge in [0.25, 0.3) is 0 Å². The quantitative estimate of drug-likeness (QED) is 0.864. The minimum atomic E-state index is 0.139. The highest BCUT2D eigenvalue weighted by molar-refractivity contribution is 7.09. The van der Waals surface area contributed by atoms with Crippen LogP contribution in [-0.4, -0.2) is 46.3 Å². The number of halogens is 1. The molecule has 0 saturated carbocycles. The van der Waals surface area contributed by atoms with E-state index in [1.54, 1.807) is 6.92 Å². The first-order valence-electron chi connectivity index (χ1n) is 7.19. The first-order chi connectivity index (χ1) is 10.6. The smallest absolute Gasteiger partial charge is 0.219 e. The van der Waals surface area contributed by atoms with Crippen LogP contribution in [0.2, 0.25) is 5.02 Å². The van der Waals surface area contributed by atoms with Gasteiger partial charge in [-0.1, -0.05) is 23.7 Å². The minimum Gasteiger partial charge on any atom is -0.343 e. The van der Waals surface area contributed by atoms with E-state index in [0.717, 1.165) is 47.7 Å². The number of piperazine rings is 1. The van der Waals surface area contributed by atoms with Crippen molar-refractivity contribution in [2.45, 2.75) is 13.3 Å². The molecule has 1 amide bonds. The molecular formula is C15H17ClN4OS. The maximum atomic E-state index is 11.3. The predicted molar refractivity (Wildman–Crippen MR) is 88.6 cm³/mol. The highest BCUT2D eigenvalue weighted by Crippen LogP contribution is 2.21. The van der Waals surface area contributed by atoms with Gasteiger partial charge >= 0.3 is 0 Å². The Hall–Kier alpha value is -1.66. The average molecular weight is 337 g/mol. The highest BCUT2D eigenvalue weighted by atomic mass is 35.5. The van der Waals surface area contributed by atoms with Crippen LogP contribution < -0.4 is 4.90 Å². The molecular weight excluding hydrogens is 320 g/mol. The molecule has 1 aliphatic rings. The Bertz CT molecular complexity index is 650. The largest absolute Gasteiger partial charge is 0.343 e. The lowest BCUT2D eigenvalue weighted by Crippen LogP contribution is -2.48. The van der Waals surface area contributed by atoms with Crippen molar-refractivity contribution < 1.29 is 4.79 Å². The van der Waals surface area contributed by atoms with E-state index in [1.807, 2.05) is 29.2 Å². The number of hydrogen-bond acceptors (Lipinski definition) is 5. The lowest BCUT2D eigenvalue weighted by molar-refractivity contribution is -0.129. The molecule has 1 fully saturated rings. The molecule has 5 nitrogen and oxygen atoms in total. The topological polar surface area (TPSA) is 49.3 Å². The molecule has 0 N–H and O–H groups in total. The summed E-state index contributed by atoms with van der Waals surface area (Å²) in [6.07, 6.45) is 0.709. The van der Waals surface area contributed by atoms with E-state index in [2.05, 4.69) is 14.3 Å². The molecule has 1 saturated heterocycles. The van der Waals surface area contributed by atoms with Crippen LogP contribution in [0, 0.1) is 0 Å². The number of carbonyl (C=O) groups is 1. The van der Waals surface area contributed by atoms with E-state index >= 15 is 0 Å². The molecule has 1 aromatic carbocycles. The summed E-state index contributed by atoms with van der Waals surface area (Å²) in [6, 6.07) is 7.75. The maximum absolute atomic E-state index is 11.3. The Kier molecular flexibility index (Phi) is 4.59. The third-order valence-corrected chi connectivity index (χ3v) is 4.80. The number of hydrogen-bond donors (Lipinski definition) is 0. The Balaban J connectivity index is 1.62. The van der Waals surface area contributed by atoms with E-state index in [-0.39, 0.29) is 5.91 Å². The SMILES string of the molecule is CC(=O)N1CCN(c2nc(Cc3ccc(Cl)cc3)ns2)CC1. The van der Waals surface area contributed by atoms with Crippen LogP contribution in [0.25, 0.3) is 0 Å². The summed E-state index contributed by atoms with van der Waals surface area (Å²) in [5.74, 6) is 0.969. The monoisotopic (exact) mass is 336 g/mol. The van der Waals surface area contributed by atoms with Crippen molar-refractivity contribution in [3.63, 3.8) is 0 Å². The molecule has 0 unspecified atom stereocenters. The molecule has 2 aromatic rings. The van der Waals surface area contributed by atoms with Crippen LogP contribution in [0.5, 0.6) is 0 Å². The van der Waals surface area contributed by atoms with Crippen LogP contribution in [0.3, 0.4) is 0 Å². The average Bonchev–Trinajstić information content (AvgIpc) is 2.98. The Morgan fingerprint density at radius 3 is 2.55 bits per heavy atom. The van der Waals surface area contributed by atoms with Gasteiger partial charge in [-0.15, -0.1) is 0 Å². The maximum Gasteiger partial charge on any atom is 0.219 e. The molecule has 7 heteroatoms. The van der Waals surface area contributed by atoms with Gasteiger partial charge in [0.05, 0.1) is 0 Å². The van der Waals surface area contributed by atoms with Gasteiger partial charge in [-0.25, -0.2) is 4.98 Å². The van der Waals surface area contributed by atoms with Crippen molar-refractivity contribution in [1.82, 2.24) is 14.3 Å². The number of anilines is 1. The molecule has 0 spiro atoms. The van der Waals surface area contributed by atoms with Crippen molar-refractivity contribution in [1.29, 1.82) is 0 Å². The number of carbonyl (C=O) groups excluding carboxylic acids is 1. The third kappa shape index (κ3) is 3.56. The summed E-state index contributed by atoms with van der Waals surface area (Å²) >= 11 is 7.31. The van der Waals surface area contributed by atoms with Gasteiger partial charge in [0, 0.05) is 56.1 Å². The number of rotatable bonds is 3. The number of aromatic nitrogens is 2. The molecule has 116 valence electrons. The molecule has 1 aromatic heterocycles. The van der Waals surface area contributed by atoms with Crippen LogP contribution in [0.1, 0.15) is 18.3 Å². The second-order valence-electron chi connectivity index (χ2n) is 5.29. The van der Waals surface area contributed by atoms with Crippen molar-refractivity contribution in [3.05, 3.63) is 40.7 Å². The van der Waals surface area contributed by atoms with Crippen LogP contribution in [0.15, 0.2) is 24.3 Å². The zero-order valence-electron chi connectivity index (χ0n) is 12.3. The van der Waals surface area contributed by atoms with Crippen molar-refractivity contribution in [2.75, 3.05) is 31.1 Å². The fraction of sp³-hybridized carbons (Fsp3) is 0.400. The fourth-order valence-electron chi connectivity index (χ4n) is 2.44. The Morgan fingerprint density at radius 1 is 1.23 bits per heavy atom. The Morgan fingerprint density at radius 2 is 1.91 bits per heavy atom. The molecule has 1 aliphatic heterocycles. The van der Waals surface area contributed by atoms with Crippen LogP contribution >= 0.6 is 23.1 Å². The van der Waals surface area contributed by atoms with Gasteiger partial charge in [0.2, 0.25) is 11.0 Å². The van der Waals surface area contributed by atoms with Gasteiger partial charge in [0.15, 0.2) is 0 Å². The summed E-state index contributed by atoms with van der Waals surface area (Å²) < 4.78 is 4.44. The summed E-state index contributed by atoms with van der Waals surface area (Å²) in [4.78, 5) is 20.0. The van der Waals surface area contributed by atoms with Crippen LogP contribution in [0.4, 0.5) is 5.13 Å². The fourth-order valence-corrected chi connectivity index (χ4v) is 3.31. The van der Waals surface area contributed by atoms with Gasteiger partial charge in [-0.3, -0.25) is 4.79 Å². The lowest BCUT2D eigenvalue weighted by Gasteiger charge is -2.33. The molecule has 3 rings (SSSR count). The summed E-state index contributed by atoms with van der Waals surface area (Å²) in [7, 11) is 0. The molecule has 2 heterocycles. The molecule has 0 radical (unpaired) electrons. The molecule has 0 aliphatic carbocycles. The first kappa shape index (κ1) is 15.2. The Labute approximate surface area is 138 Å². The molecule has 0 bridgehead atoms. The normalized spacial score (nSPS) is 15.2. The molecule has 0 atom stereocenters. The van der Waals surface area contributed by atoms with E-state index in [0.29, 0.717) is 6.42 Å². The summed E-state index contributed by atoms with van der Waals surface area (Å²) in [5.41, 5.74) is 1.15. The van der Waals surface area contributed by atoms with Crippen molar-refractivity contribution >= 4 is 34.2 Å². The third-order valence-electron chi connectivity index (χ3n) is 3.73. The standard InChI is InChI=1S/C15H17ClN4OS/c1-11(21)19-6-8-20(9-7-19)15-17-14(18-22-15)10-12-2-4-13(16)5-3-12/h2-5H,6-10H2,1H3. The number of benzene rings is 1. The van der Waals surface area contributed by atoms with Gasteiger partial charge < -0.3 is 9.80 Å². The highest BCUT2D eigenvalue weighted by Gasteiger charge is 2.21. The zero-order chi connectivity index (χ0) is 15.5. The number of nitrogens with zero attached hydrogens (tertiary/aromatic N) is 4. The lowest BCUT2D eigenvalue weighted by atomic mass is 10.1.